The van der Waals surface area contributed by atoms with Crippen LogP contribution >= 0.6 is 0 Å². The quantitative estimate of drug-likeness (QED) is 0.785. The van der Waals surface area contributed by atoms with Gasteiger partial charge < -0.3 is 9.47 Å². The first-order chi connectivity index (χ1) is 10.5. The van der Waals surface area contributed by atoms with E-state index in [0.717, 1.165) is 5.56 Å². The molecule has 0 fully saturated rings. The van der Waals surface area contributed by atoms with Crippen molar-refractivity contribution in [3.8, 4) is 11.5 Å². The third kappa shape index (κ3) is 3.11. The van der Waals surface area contributed by atoms with Crippen molar-refractivity contribution in [1.29, 1.82) is 0 Å². The molecule has 0 aliphatic rings. The van der Waals surface area contributed by atoms with Crippen LogP contribution in [0, 0.1) is 12.7 Å². The number of ketones is 1. The molecule has 2 rings (SSSR count). The first-order valence-corrected chi connectivity index (χ1v) is 6.97. The fraction of sp³-hybridized carbons (Fsp3) is 0.278. The van der Waals surface area contributed by atoms with Crippen molar-refractivity contribution in [2.45, 2.75) is 20.3 Å². The number of rotatable bonds is 5. The molecule has 0 bridgehead atoms. The maximum Gasteiger partial charge on any atom is 0.163 e. The first kappa shape index (κ1) is 16.0. The van der Waals surface area contributed by atoms with Crippen LogP contribution in [-0.2, 0) is 6.42 Å². The van der Waals surface area contributed by atoms with Gasteiger partial charge in [0.05, 0.1) is 19.8 Å². The van der Waals surface area contributed by atoms with Crippen molar-refractivity contribution in [3.63, 3.8) is 0 Å². The lowest BCUT2D eigenvalue weighted by atomic mass is 9.98. The van der Waals surface area contributed by atoms with Gasteiger partial charge in [0.15, 0.2) is 5.78 Å². The second-order valence-electron chi connectivity index (χ2n) is 5.15. The minimum atomic E-state index is -0.232. The predicted octanol–water partition coefficient (Wildman–Crippen LogP) is 3.94. The third-order valence-corrected chi connectivity index (χ3v) is 3.63. The molecule has 0 aliphatic heterocycles. The molecule has 0 unspecified atom stereocenters. The molecule has 0 amide bonds. The standard InChI is InChI=1S/C18H19FO3/c1-11-6-5-7-13(18(11)19)8-14-9-15(12(2)20)17(22-4)10-16(14)21-3/h5-7,9-10H,8H2,1-4H3. The summed E-state index contributed by atoms with van der Waals surface area (Å²) >= 11 is 0. The van der Waals surface area contributed by atoms with E-state index in [9.17, 15) is 9.18 Å². The molecule has 0 aromatic heterocycles. The van der Waals surface area contributed by atoms with Crippen LogP contribution < -0.4 is 9.47 Å². The number of carbonyl (C=O) groups is 1. The molecule has 0 radical (unpaired) electrons. The highest BCUT2D eigenvalue weighted by Crippen LogP contribution is 2.31. The van der Waals surface area contributed by atoms with Crippen molar-refractivity contribution in [1.82, 2.24) is 0 Å². The highest BCUT2D eigenvalue weighted by atomic mass is 19.1. The van der Waals surface area contributed by atoms with Gasteiger partial charge in [-0.05, 0) is 36.6 Å². The second kappa shape index (κ2) is 6.60. The Morgan fingerprint density at radius 3 is 2.36 bits per heavy atom. The van der Waals surface area contributed by atoms with E-state index in [-0.39, 0.29) is 11.6 Å². The summed E-state index contributed by atoms with van der Waals surface area (Å²) in [6.07, 6.45) is 0.348. The van der Waals surface area contributed by atoms with E-state index >= 15 is 0 Å². The molecule has 2 aromatic rings. The fourth-order valence-electron chi connectivity index (χ4n) is 2.43. The summed E-state index contributed by atoms with van der Waals surface area (Å²) in [5.41, 5.74) is 2.37. The Labute approximate surface area is 129 Å². The van der Waals surface area contributed by atoms with Crippen molar-refractivity contribution < 1.29 is 18.7 Å². The van der Waals surface area contributed by atoms with Gasteiger partial charge in [0.1, 0.15) is 17.3 Å². The predicted molar refractivity (Wildman–Crippen MR) is 83.5 cm³/mol. The average molecular weight is 302 g/mol. The largest absolute Gasteiger partial charge is 0.496 e. The summed E-state index contributed by atoms with van der Waals surface area (Å²) in [4.78, 5) is 11.8. The first-order valence-electron chi connectivity index (χ1n) is 6.97. The van der Waals surface area contributed by atoms with Crippen LogP contribution in [0.1, 0.15) is 34.0 Å². The summed E-state index contributed by atoms with van der Waals surface area (Å²) < 4.78 is 24.8. The summed E-state index contributed by atoms with van der Waals surface area (Å²) in [6.45, 7) is 3.20. The van der Waals surface area contributed by atoms with Gasteiger partial charge in [0.2, 0.25) is 0 Å². The monoisotopic (exact) mass is 302 g/mol. The van der Waals surface area contributed by atoms with Gasteiger partial charge >= 0.3 is 0 Å². The number of ether oxygens (including phenoxy) is 2. The molecule has 3 nitrogen and oxygen atoms in total. The van der Waals surface area contributed by atoms with E-state index in [4.69, 9.17) is 9.47 Å². The van der Waals surface area contributed by atoms with Crippen molar-refractivity contribution in [3.05, 3.63) is 58.4 Å². The van der Waals surface area contributed by atoms with Gasteiger partial charge in [-0.15, -0.1) is 0 Å². The normalized spacial score (nSPS) is 10.4. The lowest BCUT2D eigenvalue weighted by Gasteiger charge is -2.14. The molecule has 4 heteroatoms. The molecule has 0 saturated heterocycles. The summed E-state index contributed by atoms with van der Waals surface area (Å²) in [7, 11) is 3.04. The highest BCUT2D eigenvalue weighted by Gasteiger charge is 2.16. The lowest BCUT2D eigenvalue weighted by Crippen LogP contribution is -2.03. The minimum absolute atomic E-state index is 0.106. The Bertz CT molecular complexity index is 708. The number of aryl methyl sites for hydroxylation is 1. The number of carbonyl (C=O) groups excluding carboxylic acids is 1. The zero-order valence-corrected chi connectivity index (χ0v) is 13.2. The van der Waals surface area contributed by atoms with Crippen LogP contribution in [0.4, 0.5) is 4.39 Å². The zero-order chi connectivity index (χ0) is 16.3. The number of benzene rings is 2. The lowest BCUT2D eigenvalue weighted by molar-refractivity contribution is 0.101. The van der Waals surface area contributed by atoms with Crippen LogP contribution in [0.2, 0.25) is 0 Å². The molecule has 0 spiro atoms. The van der Waals surface area contributed by atoms with Crippen LogP contribution in [0.3, 0.4) is 0 Å². The molecule has 0 heterocycles. The Kier molecular flexibility index (Phi) is 4.81. The molecule has 116 valence electrons. The van der Waals surface area contributed by atoms with Gasteiger partial charge in [-0.25, -0.2) is 4.39 Å². The maximum absolute atomic E-state index is 14.2. The third-order valence-electron chi connectivity index (χ3n) is 3.63. The number of hydrogen-bond donors (Lipinski definition) is 0. The van der Waals surface area contributed by atoms with E-state index in [0.29, 0.717) is 34.6 Å². The molecular weight excluding hydrogens is 283 g/mol. The van der Waals surface area contributed by atoms with Gasteiger partial charge in [-0.3, -0.25) is 4.79 Å². The maximum atomic E-state index is 14.2. The average Bonchev–Trinajstić information content (AvgIpc) is 2.51. The zero-order valence-electron chi connectivity index (χ0n) is 13.2. The number of halogens is 1. The highest BCUT2D eigenvalue weighted by molar-refractivity contribution is 5.97. The molecular formula is C18H19FO3. The van der Waals surface area contributed by atoms with Gasteiger partial charge in [0.25, 0.3) is 0 Å². The number of Topliss-reactive ketones (excluding diaryl/α,β-unsaturated/α-hetero) is 1. The smallest absolute Gasteiger partial charge is 0.163 e. The van der Waals surface area contributed by atoms with E-state index in [1.807, 2.05) is 6.07 Å². The van der Waals surface area contributed by atoms with Crippen LogP contribution in [0.15, 0.2) is 30.3 Å². The van der Waals surface area contributed by atoms with E-state index in [2.05, 4.69) is 0 Å². The topological polar surface area (TPSA) is 35.5 Å². The van der Waals surface area contributed by atoms with Crippen molar-refractivity contribution in [2.75, 3.05) is 14.2 Å². The number of hydrogen-bond acceptors (Lipinski definition) is 3. The van der Waals surface area contributed by atoms with Gasteiger partial charge in [0, 0.05) is 12.5 Å². The number of methoxy groups -OCH3 is 2. The summed E-state index contributed by atoms with van der Waals surface area (Å²) in [5, 5.41) is 0. The SMILES string of the molecule is COc1cc(OC)c(C(C)=O)cc1Cc1cccc(C)c1F. The van der Waals surface area contributed by atoms with E-state index in [1.165, 1.54) is 21.1 Å². The Morgan fingerprint density at radius 1 is 1.09 bits per heavy atom. The second-order valence-corrected chi connectivity index (χ2v) is 5.15. The molecule has 2 aromatic carbocycles. The van der Waals surface area contributed by atoms with E-state index < -0.39 is 0 Å². The van der Waals surface area contributed by atoms with Crippen LogP contribution in [0.25, 0.3) is 0 Å². The minimum Gasteiger partial charge on any atom is -0.496 e. The fourth-order valence-corrected chi connectivity index (χ4v) is 2.43. The van der Waals surface area contributed by atoms with Crippen molar-refractivity contribution >= 4 is 5.78 Å². The molecule has 22 heavy (non-hydrogen) atoms. The summed E-state index contributed by atoms with van der Waals surface area (Å²) in [5.74, 6) is 0.691. The summed E-state index contributed by atoms with van der Waals surface area (Å²) in [6, 6.07) is 8.65. The molecule has 0 N–H and O–H groups in total. The van der Waals surface area contributed by atoms with E-state index in [1.54, 1.807) is 31.2 Å². The Morgan fingerprint density at radius 2 is 1.77 bits per heavy atom. The van der Waals surface area contributed by atoms with Crippen molar-refractivity contribution in [2.24, 2.45) is 0 Å². The van der Waals surface area contributed by atoms with Crippen LogP contribution in [0.5, 0.6) is 11.5 Å². The molecule has 0 aliphatic carbocycles. The van der Waals surface area contributed by atoms with Gasteiger partial charge in [-0.2, -0.15) is 0 Å². The van der Waals surface area contributed by atoms with Crippen LogP contribution in [-0.4, -0.2) is 20.0 Å². The Balaban J connectivity index is 2.52. The molecule has 0 atom stereocenters. The Hall–Kier alpha value is -2.36. The molecule has 0 saturated carbocycles. The van der Waals surface area contributed by atoms with Gasteiger partial charge in [-0.1, -0.05) is 18.2 Å².